The first-order valence-corrected chi connectivity index (χ1v) is 4.33. The molecule has 1 aromatic carbocycles. The predicted molar refractivity (Wildman–Crippen MR) is 53.1 cm³/mol. The van der Waals surface area contributed by atoms with Crippen molar-refractivity contribution in [3.63, 3.8) is 0 Å². The number of hydrogen-bond donors (Lipinski definition) is 2. The number of alkyl halides is 1. The Morgan fingerprint density at radius 3 is 1.83 bits per heavy atom. The van der Waals surface area contributed by atoms with E-state index in [4.69, 9.17) is 21.6 Å². The third-order valence-corrected chi connectivity index (χ3v) is 1.42. The van der Waals surface area contributed by atoms with E-state index in [-0.39, 0.29) is 0 Å². The molecule has 0 fully saturated rings. The molecule has 0 spiro atoms. The average Bonchev–Trinajstić information content (AvgIpc) is 2.09. The van der Waals surface area contributed by atoms with Crippen LogP contribution in [0.3, 0.4) is 0 Å². The molecule has 0 heterocycles. The van der Waals surface area contributed by atoms with Crippen molar-refractivity contribution in [3.8, 4) is 0 Å². The summed E-state index contributed by atoms with van der Waals surface area (Å²) in [4.78, 5) is 0. The van der Waals surface area contributed by atoms with E-state index in [0.717, 1.165) is 0 Å². The van der Waals surface area contributed by atoms with E-state index >= 15 is 0 Å². The van der Waals surface area contributed by atoms with Crippen molar-refractivity contribution in [2.24, 2.45) is 0 Å². The second-order valence-electron chi connectivity index (χ2n) is 1.93. The van der Waals surface area contributed by atoms with Crippen LogP contribution in [0.1, 0.15) is 0 Å². The van der Waals surface area contributed by atoms with Crippen LogP contribution in [0, 0.1) is 0 Å². The van der Waals surface area contributed by atoms with Gasteiger partial charge in [-0.2, -0.15) is 0 Å². The standard InChI is InChI=1S/C6H6BClO2.CH3Cl/c8-6-3-1-5(2-4-6)7(9)10;1-2/h1-4,9-10H;1H3. The Hall–Kier alpha value is -0.215. The van der Waals surface area contributed by atoms with E-state index in [1.807, 2.05) is 0 Å². The lowest BCUT2D eigenvalue weighted by Gasteiger charge is -1.96. The van der Waals surface area contributed by atoms with Crippen LogP contribution in [-0.4, -0.2) is 23.5 Å². The van der Waals surface area contributed by atoms with Crippen molar-refractivity contribution < 1.29 is 10.0 Å². The molecule has 0 aliphatic rings. The molecule has 12 heavy (non-hydrogen) atoms. The fraction of sp³-hybridized carbons (Fsp3) is 0.143. The van der Waals surface area contributed by atoms with E-state index in [0.29, 0.717) is 10.5 Å². The number of benzene rings is 1. The van der Waals surface area contributed by atoms with Gasteiger partial charge < -0.3 is 10.0 Å². The summed E-state index contributed by atoms with van der Waals surface area (Å²) in [5.74, 6) is 0. The van der Waals surface area contributed by atoms with Crippen molar-refractivity contribution in [2.75, 3.05) is 6.38 Å². The summed E-state index contributed by atoms with van der Waals surface area (Å²) in [7, 11) is -1.41. The number of halogens is 2. The third kappa shape index (κ3) is 3.97. The molecule has 1 rings (SSSR count). The van der Waals surface area contributed by atoms with Gasteiger partial charge in [0.2, 0.25) is 0 Å². The molecule has 66 valence electrons. The van der Waals surface area contributed by atoms with E-state index in [1.54, 1.807) is 24.3 Å². The lowest BCUT2D eigenvalue weighted by atomic mass is 9.81. The zero-order chi connectivity index (χ0) is 9.56. The van der Waals surface area contributed by atoms with Gasteiger partial charge in [0.1, 0.15) is 0 Å². The monoisotopic (exact) mass is 206 g/mol. The van der Waals surface area contributed by atoms with E-state index < -0.39 is 7.12 Å². The van der Waals surface area contributed by atoms with Crippen molar-refractivity contribution in [3.05, 3.63) is 29.3 Å². The second kappa shape index (κ2) is 6.32. The number of rotatable bonds is 1. The number of hydrogen-bond acceptors (Lipinski definition) is 2. The molecule has 0 bridgehead atoms. The van der Waals surface area contributed by atoms with Crippen molar-refractivity contribution in [1.29, 1.82) is 0 Å². The highest BCUT2D eigenvalue weighted by Gasteiger charge is 2.08. The molecule has 0 saturated heterocycles. The Labute approximate surface area is 81.9 Å². The lowest BCUT2D eigenvalue weighted by Crippen LogP contribution is -2.29. The van der Waals surface area contributed by atoms with Gasteiger partial charge in [-0.05, 0) is 17.6 Å². The summed E-state index contributed by atoms with van der Waals surface area (Å²) < 4.78 is 0. The highest BCUT2D eigenvalue weighted by molar-refractivity contribution is 6.58. The van der Waals surface area contributed by atoms with Crippen LogP contribution >= 0.6 is 23.2 Å². The molecule has 0 atom stereocenters. The molecular formula is C7H9BCl2O2. The van der Waals surface area contributed by atoms with Gasteiger partial charge in [-0.1, -0.05) is 23.7 Å². The van der Waals surface area contributed by atoms with E-state index in [9.17, 15) is 0 Å². The van der Waals surface area contributed by atoms with Crippen LogP contribution in [0.2, 0.25) is 5.02 Å². The van der Waals surface area contributed by atoms with Gasteiger partial charge in [0.25, 0.3) is 0 Å². The molecule has 0 radical (unpaired) electrons. The first kappa shape index (κ1) is 11.8. The molecule has 0 aliphatic heterocycles. The second-order valence-corrected chi connectivity index (χ2v) is 2.36. The topological polar surface area (TPSA) is 40.5 Å². The van der Waals surface area contributed by atoms with E-state index in [1.165, 1.54) is 6.38 Å². The Morgan fingerprint density at radius 2 is 1.50 bits per heavy atom. The lowest BCUT2D eigenvalue weighted by molar-refractivity contribution is 0.426. The Bertz CT molecular complexity index is 213. The molecule has 0 saturated carbocycles. The minimum absolute atomic E-state index is 0.449. The van der Waals surface area contributed by atoms with Crippen LogP contribution in [0.5, 0.6) is 0 Å². The maximum Gasteiger partial charge on any atom is 0.488 e. The zero-order valence-corrected chi connectivity index (χ0v) is 8.05. The Morgan fingerprint density at radius 1 is 1.08 bits per heavy atom. The van der Waals surface area contributed by atoms with Crippen LogP contribution in [0.15, 0.2) is 24.3 Å². The largest absolute Gasteiger partial charge is 0.488 e. The first-order chi connectivity index (χ1) is 5.70. The summed E-state index contributed by atoms with van der Waals surface area (Å²) in [6, 6.07) is 6.34. The fourth-order valence-corrected chi connectivity index (χ4v) is 0.761. The van der Waals surface area contributed by atoms with Crippen LogP contribution < -0.4 is 5.46 Å². The van der Waals surface area contributed by atoms with Crippen molar-refractivity contribution >= 4 is 35.8 Å². The van der Waals surface area contributed by atoms with Crippen LogP contribution in [-0.2, 0) is 0 Å². The molecule has 0 amide bonds. The van der Waals surface area contributed by atoms with Gasteiger partial charge >= 0.3 is 7.12 Å². The molecular weight excluding hydrogens is 198 g/mol. The van der Waals surface area contributed by atoms with Crippen molar-refractivity contribution in [1.82, 2.24) is 0 Å². The maximum absolute atomic E-state index is 8.63. The third-order valence-electron chi connectivity index (χ3n) is 1.17. The van der Waals surface area contributed by atoms with Gasteiger partial charge in [0.15, 0.2) is 0 Å². The molecule has 2 nitrogen and oxygen atoms in total. The van der Waals surface area contributed by atoms with Gasteiger partial charge in [-0.15, -0.1) is 11.6 Å². The normalized spacial score (nSPS) is 8.42. The average molecular weight is 207 g/mol. The SMILES string of the molecule is CCl.OB(O)c1ccc(Cl)cc1. The van der Waals surface area contributed by atoms with Crippen molar-refractivity contribution in [2.45, 2.75) is 0 Å². The highest BCUT2D eigenvalue weighted by Crippen LogP contribution is 2.03. The first-order valence-electron chi connectivity index (χ1n) is 3.19. The maximum atomic E-state index is 8.63. The zero-order valence-electron chi connectivity index (χ0n) is 6.54. The molecule has 0 aromatic heterocycles. The summed E-state index contributed by atoms with van der Waals surface area (Å²) >= 11 is 10.2. The summed E-state index contributed by atoms with van der Waals surface area (Å²) in [5, 5.41) is 17.8. The summed E-state index contributed by atoms with van der Waals surface area (Å²) in [6.07, 6.45) is 1.47. The van der Waals surface area contributed by atoms with Gasteiger partial charge in [-0.25, -0.2) is 0 Å². The Balaban J connectivity index is 0.000000561. The van der Waals surface area contributed by atoms with Crippen LogP contribution in [0.25, 0.3) is 0 Å². The fourth-order valence-electron chi connectivity index (χ4n) is 0.635. The smallest absolute Gasteiger partial charge is 0.423 e. The van der Waals surface area contributed by atoms with E-state index in [2.05, 4.69) is 11.6 Å². The van der Waals surface area contributed by atoms with Gasteiger partial charge in [-0.3, -0.25) is 0 Å². The highest BCUT2D eigenvalue weighted by atomic mass is 35.5. The van der Waals surface area contributed by atoms with Gasteiger partial charge in [0, 0.05) is 11.4 Å². The quantitative estimate of drug-likeness (QED) is 0.529. The molecule has 0 unspecified atom stereocenters. The summed E-state index contributed by atoms with van der Waals surface area (Å²) in [6.45, 7) is 0. The summed E-state index contributed by atoms with van der Waals surface area (Å²) in [5.41, 5.74) is 0.449. The minimum Gasteiger partial charge on any atom is -0.423 e. The molecule has 1 aromatic rings. The molecule has 2 N–H and O–H groups in total. The predicted octanol–water partition coefficient (Wildman–Crippen LogP) is 0.875. The Kier molecular flexibility index (Phi) is 6.20. The molecule has 0 aliphatic carbocycles. The van der Waals surface area contributed by atoms with Gasteiger partial charge in [0.05, 0.1) is 0 Å². The van der Waals surface area contributed by atoms with Crippen LogP contribution in [0.4, 0.5) is 0 Å². The minimum atomic E-state index is -1.41. The molecule has 5 heteroatoms.